The van der Waals surface area contributed by atoms with E-state index in [2.05, 4.69) is 5.32 Å². The minimum Gasteiger partial charge on any atom is -0.480 e. The molecular formula is C20H21N3O7S. The molecule has 0 radical (unpaired) electrons. The van der Waals surface area contributed by atoms with Crippen molar-refractivity contribution in [2.75, 3.05) is 0 Å². The molecule has 4 rings (SSSR count). The van der Waals surface area contributed by atoms with Gasteiger partial charge in [0.05, 0.1) is 30.4 Å². The van der Waals surface area contributed by atoms with Crippen LogP contribution in [-0.4, -0.2) is 31.7 Å². The first-order valence-electron chi connectivity index (χ1n) is 9.59. The summed E-state index contributed by atoms with van der Waals surface area (Å²) in [5.74, 6) is -1.24. The van der Waals surface area contributed by atoms with Crippen molar-refractivity contribution in [2.45, 2.75) is 52.1 Å². The summed E-state index contributed by atoms with van der Waals surface area (Å²) in [5, 5.41) is 12.1. The number of aromatic nitrogens is 2. The number of carbonyl (C=O) groups excluding carboxylic acids is 1. The average molecular weight is 447 g/mol. The molecule has 0 aliphatic carbocycles. The summed E-state index contributed by atoms with van der Waals surface area (Å²) in [6.45, 7) is 3.06. The Hall–Kier alpha value is -3.18. The lowest BCUT2D eigenvalue weighted by Crippen LogP contribution is -2.43. The highest BCUT2D eigenvalue weighted by atomic mass is 32.1. The number of amides is 1. The summed E-state index contributed by atoms with van der Waals surface area (Å²) in [6.07, 6.45) is 1.92. The lowest BCUT2D eigenvalue weighted by molar-refractivity contribution is -0.137. The van der Waals surface area contributed by atoms with Gasteiger partial charge in [-0.3, -0.25) is 19.0 Å². The fourth-order valence-corrected chi connectivity index (χ4v) is 4.83. The molecule has 1 aliphatic rings. The van der Waals surface area contributed by atoms with Crippen molar-refractivity contribution < 1.29 is 23.8 Å². The molecule has 3 aromatic rings. The van der Waals surface area contributed by atoms with Crippen LogP contribution >= 0.6 is 11.3 Å². The van der Waals surface area contributed by atoms with Gasteiger partial charge in [-0.1, -0.05) is 0 Å². The number of fused-ring (bicyclic) bond motifs is 3. The van der Waals surface area contributed by atoms with E-state index in [9.17, 15) is 24.3 Å². The third kappa shape index (κ3) is 4.06. The molecule has 0 aromatic carbocycles. The zero-order valence-corrected chi connectivity index (χ0v) is 17.8. The second kappa shape index (κ2) is 7.82. The number of hydrogen-bond acceptors (Lipinski definition) is 7. The van der Waals surface area contributed by atoms with Crippen molar-refractivity contribution in [1.29, 1.82) is 0 Å². The fraction of sp³-hybridized carbons (Fsp3) is 0.400. The molecule has 31 heavy (non-hydrogen) atoms. The zero-order chi connectivity index (χ0) is 22.3. The summed E-state index contributed by atoms with van der Waals surface area (Å²) < 4.78 is 12.8. The van der Waals surface area contributed by atoms with E-state index in [1.807, 2.05) is 13.8 Å². The van der Waals surface area contributed by atoms with E-state index in [1.54, 1.807) is 12.1 Å². The normalized spacial score (nSPS) is 15.0. The summed E-state index contributed by atoms with van der Waals surface area (Å²) in [6, 6.07) is 3.39. The van der Waals surface area contributed by atoms with Gasteiger partial charge in [0.25, 0.3) is 5.56 Å². The summed E-state index contributed by atoms with van der Waals surface area (Å²) in [5.41, 5.74) is -1.27. The SMILES string of the molecule is CC1(C)Cc2c(sc3c2c(=O)n(CC(=O)O)c(=O)n3CC(=O)NCc2ccco2)CO1. The van der Waals surface area contributed by atoms with Crippen LogP contribution in [0.5, 0.6) is 0 Å². The van der Waals surface area contributed by atoms with Crippen molar-refractivity contribution in [3.8, 4) is 0 Å². The van der Waals surface area contributed by atoms with Crippen LogP contribution in [0.2, 0.25) is 0 Å². The Bertz CT molecular complexity index is 1280. The number of aliphatic carboxylic acids is 1. The quantitative estimate of drug-likeness (QED) is 0.577. The topological polar surface area (TPSA) is 133 Å². The van der Waals surface area contributed by atoms with Crippen LogP contribution in [0.1, 0.15) is 30.0 Å². The molecule has 0 saturated heterocycles. The van der Waals surface area contributed by atoms with Gasteiger partial charge >= 0.3 is 11.7 Å². The summed E-state index contributed by atoms with van der Waals surface area (Å²) in [7, 11) is 0. The van der Waals surface area contributed by atoms with Crippen molar-refractivity contribution in [3.63, 3.8) is 0 Å². The van der Waals surface area contributed by atoms with E-state index in [-0.39, 0.29) is 25.1 Å². The van der Waals surface area contributed by atoms with Crippen molar-refractivity contribution >= 4 is 33.4 Å². The van der Waals surface area contributed by atoms with Crippen LogP contribution < -0.4 is 16.6 Å². The van der Waals surface area contributed by atoms with E-state index in [1.165, 1.54) is 17.6 Å². The number of rotatable bonds is 6. The van der Waals surface area contributed by atoms with E-state index >= 15 is 0 Å². The van der Waals surface area contributed by atoms with E-state index in [0.717, 1.165) is 15.0 Å². The van der Waals surface area contributed by atoms with E-state index in [4.69, 9.17) is 9.15 Å². The number of hydrogen-bond donors (Lipinski definition) is 2. The Morgan fingerprint density at radius 3 is 2.71 bits per heavy atom. The molecule has 1 aliphatic heterocycles. The maximum atomic E-state index is 13.1. The monoisotopic (exact) mass is 447 g/mol. The largest absolute Gasteiger partial charge is 0.480 e. The van der Waals surface area contributed by atoms with Crippen molar-refractivity contribution in [2.24, 2.45) is 0 Å². The highest BCUT2D eigenvalue weighted by molar-refractivity contribution is 7.18. The average Bonchev–Trinajstić information content (AvgIpc) is 3.33. The third-order valence-corrected chi connectivity index (χ3v) is 6.30. The molecule has 11 heteroatoms. The molecule has 2 N–H and O–H groups in total. The smallest absolute Gasteiger partial charge is 0.333 e. The maximum Gasteiger partial charge on any atom is 0.333 e. The van der Waals surface area contributed by atoms with Crippen molar-refractivity contribution in [3.05, 3.63) is 55.4 Å². The molecule has 0 bridgehead atoms. The number of nitrogens with zero attached hydrogens (tertiary/aromatic N) is 2. The number of thiophene rings is 1. The number of carboxylic acids is 1. The summed E-state index contributed by atoms with van der Waals surface area (Å²) in [4.78, 5) is 51.0. The highest BCUT2D eigenvalue weighted by Crippen LogP contribution is 2.37. The zero-order valence-electron chi connectivity index (χ0n) is 17.0. The summed E-state index contributed by atoms with van der Waals surface area (Å²) >= 11 is 1.22. The van der Waals surface area contributed by atoms with Gasteiger partial charge in [0.15, 0.2) is 0 Å². The first kappa shape index (κ1) is 21.1. The fourth-order valence-electron chi connectivity index (χ4n) is 3.62. The van der Waals surface area contributed by atoms with Crippen LogP contribution in [0.4, 0.5) is 0 Å². The first-order valence-corrected chi connectivity index (χ1v) is 10.4. The molecule has 0 atom stereocenters. The predicted molar refractivity (Wildman–Crippen MR) is 111 cm³/mol. The molecule has 0 fully saturated rings. The standard InChI is InChI=1S/C20H21N3O7S/c1-20(2)6-12-13(10-30-20)31-18-16(12)17(27)22(9-15(25)26)19(28)23(18)8-14(24)21-7-11-4-3-5-29-11/h3-5H,6-10H2,1-2H3,(H,21,24)(H,25,26). The van der Waals surface area contributed by atoms with Crippen LogP contribution in [0.3, 0.4) is 0 Å². The van der Waals surface area contributed by atoms with Crippen LogP contribution in [0.25, 0.3) is 10.2 Å². The van der Waals surface area contributed by atoms with Gasteiger partial charge in [0.2, 0.25) is 5.91 Å². The first-order chi connectivity index (χ1) is 14.7. The Morgan fingerprint density at radius 2 is 2.03 bits per heavy atom. The van der Waals surface area contributed by atoms with Gasteiger partial charge in [-0.15, -0.1) is 11.3 Å². The van der Waals surface area contributed by atoms with E-state index < -0.39 is 35.3 Å². The molecule has 3 aromatic heterocycles. The molecule has 0 unspecified atom stereocenters. The third-order valence-electron chi connectivity index (χ3n) is 5.07. The second-order valence-corrected chi connectivity index (χ2v) is 9.00. The van der Waals surface area contributed by atoms with Gasteiger partial charge in [-0.2, -0.15) is 0 Å². The number of ether oxygens (including phenoxy) is 1. The van der Waals surface area contributed by atoms with Crippen LogP contribution in [0.15, 0.2) is 32.4 Å². The Labute approximate surface area is 179 Å². The van der Waals surface area contributed by atoms with Gasteiger partial charge in [-0.05, 0) is 31.5 Å². The number of furan rings is 1. The lowest BCUT2D eigenvalue weighted by Gasteiger charge is -2.29. The Morgan fingerprint density at radius 1 is 1.26 bits per heavy atom. The highest BCUT2D eigenvalue weighted by Gasteiger charge is 2.32. The number of carboxylic acid groups (broad SMARTS) is 1. The van der Waals surface area contributed by atoms with Gasteiger partial charge in [-0.25, -0.2) is 9.36 Å². The second-order valence-electron chi connectivity index (χ2n) is 7.92. The maximum absolute atomic E-state index is 13.1. The number of nitrogens with one attached hydrogen (secondary N) is 1. The molecular weight excluding hydrogens is 426 g/mol. The van der Waals surface area contributed by atoms with Crippen molar-refractivity contribution in [1.82, 2.24) is 14.5 Å². The molecule has 1 amide bonds. The minimum absolute atomic E-state index is 0.140. The Balaban J connectivity index is 1.80. The molecule has 0 saturated carbocycles. The van der Waals surface area contributed by atoms with Crippen LogP contribution in [-0.2, 0) is 47.0 Å². The molecule has 0 spiro atoms. The van der Waals surface area contributed by atoms with Gasteiger partial charge in [0.1, 0.15) is 23.7 Å². The predicted octanol–water partition coefficient (Wildman–Crippen LogP) is 1.07. The molecule has 10 nitrogen and oxygen atoms in total. The Kier molecular flexibility index (Phi) is 5.31. The molecule has 164 valence electrons. The van der Waals surface area contributed by atoms with E-state index in [0.29, 0.717) is 21.6 Å². The number of carbonyl (C=O) groups is 2. The minimum atomic E-state index is -1.32. The molecule has 4 heterocycles. The van der Waals surface area contributed by atoms with Gasteiger partial charge in [0, 0.05) is 11.3 Å². The lowest BCUT2D eigenvalue weighted by atomic mass is 9.94. The van der Waals surface area contributed by atoms with Crippen LogP contribution in [0, 0.1) is 0 Å². The van der Waals surface area contributed by atoms with Gasteiger partial charge < -0.3 is 19.6 Å².